The topological polar surface area (TPSA) is 56.8 Å². The van der Waals surface area contributed by atoms with Crippen molar-refractivity contribution in [2.45, 2.75) is 32.0 Å². The first-order valence-corrected chi connectivity index (χ1v) is 9.07. The molecule has 0 aromatic carbocycles. The van der Waals surface area contributed by atoms with E-state index in [1.54, 1.807) is 30.2 Å². The number of alkyl halides is 3. The van der Waals surface area contributed by atoms with Gasteiger partial charge in [0.25, 0.3) is 5.91 Å². The van der Waals surface area contributed by atoms with Gasteiger partial charge >= 0.3 is 6.18 Å². The van der Waals surface area contributed by atoms with Crippen molar-refractivity contribution in [2.24, 2.45) is 0 Å². The molecule has 1 aromatic rings. The molecule has 3 rings (SSSR count). The molecule has 0 spiro atoms. The Bertz CT molecular complexity index is 702. The Morgan fingerprint density at radius 3 is 2.56 bits per heavy atom. The standard InChI is InChI=1S/C18H23F3N4O2/c1-13-14(4-2-6-22-13)16(26)24-10-8-23(9-11-24)15-5-3-7-25(17(15)27)12-18(19,20)21/h2,4,6,15H,3,5,7-12H2,1H3/t15-/m1/s1. The molecule has 0 saturated carbocycles. The number of hydrogen-bond donors (Lipinski definition) is 0. The van der Waals surface area contributed by atoms with E-state index in [-0.39, 0.29) is 12.5 Å². The van der Waals surface area contributed by atoms with E-state index in [0.29, 0.717) is 50.3 Å². The Morgan fingerprint density at radius 2 is 1.93 bits per heavy atom. The fraction of sp³-hybridized carbons (Fsp3) is 0.611. The van der Waals surface area contributed by atoms with Gasteiger partial charge in [-0.05, 0) is 31.9 Å². The minimum Gasteiger partial charge on any atom is -0.336 e. The molecule has 2 amide bonds. The number of carbonyl (C=O) groups excluding carboxylic acids is 2. The number of pyridine rings is 1. The van der Waals surface area contributed by atoms with Crippen LogP contribution in [0.5, 0.6) is 0 Å². The van der Waals surface area contributed by atoms with E-state index in [9.17, 15) is 22.8 Å². The zero-order valence-electron chi connectivity index (χ0n) is 15.2. The Balaban J connectivity index is 1.59. The van der Waals surface area contributed by atoms with Crippen molar-refractivity contribution in [3.63, 3.8) is 0 Å². The third-order valence-corrected chi connectivity index (χ3v) is 5.15. The van der Waals surface area contributed by atoms with E-state index in [1.165, 1.54) is 0 Å². The number of rotatable bonds is 3. The molecule has 148 valence electrons. The monoisotopic (exact) mass is 384 g/mol. The van der Waals surface area contributed by atoms with Crippen LogP contribution in [-0.4, -0.2) is 83.0 Å². The molecular formula is C18H23F3N4O2. The van der Waals surface area contributed by atoms with Crippen molar-refractivity contribution in [1.29, 1.82) is 0 Å². The summed E-state index contributed by atoms with van der Waals surface area (Å²) in [6, 6.07) is 2.92. The summed E-state index contributed by atoms with van der Waals surface area (Å²) in [5, 5.41) is 0. The molecule has 2 aliphatic heterocycles. The maximum absolute atomic E-state index is 12.7. The normalized spacial score (nSPS) is 22.2. The van der Waals surface area contributed by atoms with Crippen LogP contribution in [-0.2, 0) is 4.79 Å². The van der Waals surface area contributed by atoms with Crippen molar-refractivity contribution < 1.29 is 22.8 Å². The molecule has 0 aliphatic carbocycles. The quantitative estimate of drug-likeness (QED) is 0.796. The molecule has 0 radical (unpaired) electrons. The summed E-state index contributed by atoms with van der Waals surface area (Å²) in [6.45, 7) is 2.56. The van der Waals surface area contributed by atoms with Gasteiger partial charge in [-0.3, -0.25) is 19.5 Å². The largest absolute Gasteiger partial charge is 0.406 e. The van der Waals surface area contributed by atoms with Gasteiger partial charge in [0, 0.05) is 44.6 Å². The Morgan fingerprint density at radius 1 is 1.22 bits per heavy atom. The zero-order chi connectivity index (χ0) is 19.6. The SMILES string of the molecule is Cc1ncccc1C(=O)N1CCN([C@@H]2CCCN(CC(F)(F)F)C2=O)CC1. The summed E-state index contributed by atoms with van der Waals surface area (Å²) in [7, 11) is 0. The first-order chi connectivity index (χ1) is 12.8. The first-order valence-electron chi connectivity index (χ1n) is 9.07. The molecule has 0 bridgehead atoms. The Hall–Kier alpha value is -2.16. The predicted octanol–water partition coefficient (Wildman–Crippen LogP) is 1.70. The van der Waals surface area contributed by atoms with Gasteiger partial charge in [0.15, 0.2) is 0 Å². The van der Waals surface area contributed by atoms with Crippen molar-refractivity contribution >= 4 is 11.8 Å². The number of likely N-dealkylation sites (tertiary alicyclic amines) is 1. The molecule has 3 heterocycles. The van der Waals surface area contributed by atoms with Crippen molar-refractivity contribution in [1.82, 2.24) is 19.7 Å². The van der Waals surface area contributed by atoms with Gasteiger partial charge in [0.05, 0.1) is 11.6 Å². The molecule has 0 unspecified atom stereocenters. The highest BCUT2D eigenvalue weighted by molar-refractivity contribution is 5.95. The van der Waals surface area contributed by atoms with Crippen LogP contribution in [0.4, 0.5) is 13.2 Å². The first kappa shape index (κ1) is 19.6. The van der Waals surface area contributed by atoms with Gasteiger partial charge in [-0.2, -0.15) is 13.2 Å². The average Bonchev–Trinajstić information content (AvgIpc) is 2.62. The molecule has 27 heavy (non-hydrogen) atoms. The summed E-state index contributed by atoms with van der Waals surface area (Å²) in [6.07, 6.45) is -1.64. The van der Waals surface area contributed by atoms with Crippen LogP contribution in [0.3, 0.4) is 0 Å². The number of hydrogen-bond acceptors (Lipinski definition) is 4. The van der Waals surface area contributed by atoms with Crippen LogP contribution in [0.2, 0.25) is 0 Å². The number of aromatic nitrogens is 1. The van der Waals surface area contributed by atoms with Gasteiger partial charge in [0.1, 0.15) is 6.54 Å². The lowest BCUT2D eigenvalue weighted by atomic mass is 10.0. The molecule has 6 nitrogen and oxygen atoms in total. The summed E-state index contributed by atoms with van der Waals surface area (Å²) in [5.41, 5.74) is 1.21. The molecule has 2 aliphatic rings. The lowest BCUT2D eigenvalue weighted by molar-refractivity contribution is -0.168. The van der Waals surface area contributed by atoms with Gasteiger partial charge in [-0.25, -0.2) is 0 Å². The molecule has 2 saturated heterocycles. The maximum atomic E-state index is 12.7. The predicted molar refractivity (Wildman–Crippen MR) is 92.1 cm³/mol. The van der Waals surface area contributed by atoms with Crippen LogP contribution in [0.25, 0.3) is 0 Å². The second-order valence-corrected chi connectivity index (χ2v) is 7.00. The third-order valence-electron chi connectivity index (χ3n) is 5.15. The fourth-order valence-corrected chi connectivity index (χ4v) is 3.75. The molecular weight excluding hydrogens is 361 g/mol. The van der Waals surface area contributed by atoms with E-state index in [1.807, 2.05) is 4.90 Å². The second kappa shape index (κ2) is 7.84. The molecule has 1 atom stereocenters. The minimum absolute atomic E-state index is 0.103. The number of amides is 2. The van der Waals surface area contributed by atoms with Gasteiger partial charge in [0.2, 0.25) is 5.91 Å². The number of nitrogens with zero attached hydrogens (tertiary/aromatic N) is 4. The van der Waals surface area contributed by atoms with E-state index < -0.39 is 24.7 Å². The minimum atomic E-state index is -4.38. The van der Waals surface area contributed by atoms with E-state index in [2.05, 4.69) is 4.98 Å². The van der Waals surface area contributed by atoms with Gasteiger partial charge in [-0.1, -0.05) is 0 Å². The molecule has 2 fully saturated rings. The van der Waals surface area contributed by atoms with Crippen molar-refractivity contribution in [3.8, 4) is 0 Å². The van der Waals surface area contributed by atoms with Crippen LogP contribution in [0.15, 0.2) is 18.3 Å². The number of piperazine rings is 1. The van der Waals surface area contributed by atoms with Crippen LogP contribution in [0, 0.1) is 6.92 Å². The maximum Gasteiger partial charge on any atom is 0.406 e. The zero-order valence-corrected chi connectivity index (χ0v) is 15.2. The highest BCUT2D eigenvalue weighted by Crippen LogP contribution is 2.24. The van der Waals surface area contributed by atoms with Gasteiger partial charge < -0.3 is 9.80 Å². The average molecular weight is 384 g/mol. The number of halogens is 3. The molecule has 1 aromatic heterocycles. The summed E-state index contributed by atoms with van der Waals surface area (Å²) < 4.78 is 38.0. The van der Waals surface area contributed by atoms with E-state index in [0.717, 1.165) is 4.90 Å². The van der Waals surface area contributed by atoms with Crippen LogP contribution < -0.4 is 0 Å². The summed E-state index contributed by atoms with van der Waals surface area (Å²) in [5.74, 6) is -0.560. The van der Waals surface area contributed by atoms with E-state index >= 15 is 0 Å². The van der Waals surface area contributed by atoms with Crippen LogP contribution in [0.1, 0.15) is 28.9 Å². The Labute approximate surface area is 155 Å². The van der Waals surface area contributed by atoms with Crippen molar-refractivity contribution in [3.05, 3.63) is 29.6 Å². The lowest BCUT2D eigenvalue weighted by Crippen LogP contribution is -2.59. The number of aryl methyl sites for hydroxylation is 1. The highest BCUT2D eigenvalue weighted by atomic mass is 19.4. The van der Waals surface area contributed by atoms with Crippen LogP contribution >= 0.6 is 0 Å². The molecule has 9 heteroatoms. The van der Waals surface area contributed by atoms with Gasteiger partial charge in [-0.15, -0.1) is 0 Å². The lowest BCUT2D eigenvalue weighted by Gasteiger charge is -2.42. The third kappa shape index (κ3) is 4.58. The van der Waals surface area contributed by atoms with Crippen molar-refractivity contribution in [2.75, 3.05) is 39.3 Å². The molecule has 0 N–H and O–H groups in total. The number of carbonyl (C=O) groups is 2. The second-order valence-electron chi connectivity index (χ2n) is 7.00. The summed E-state index contributed by atoms with van der Waals surface area (Å²) >= 11 is 0. The fourth-order valence-electron chi connectivity index (χ4n) is 3.75. The summed E-state index contributed by atoms with van der Waals surface area (Å²) in [4.78, 5) is 33.8. The number of piperidine rings is 1. The Kier molecular flexibility index (Phi) is 5.69. The highest BCUT2D eigenvalue weighted by Gasteiger charge is 2.40. The van der Waals surface area contributed by atoms with E-state index in [4.69, 9.17) is 0 Å². The smallest absolute Gasteiger partial charge is 0.336 e.